The summed E-state index contributed by atoms with van der Waals surface area (Å²) < 4.78 is 29.9. The lowest BCUT2D eigenvalue weighted by Gasteiger charge is -2.20. The van der Waals surface area contributed by atoms with Gasteiger partial charge in [-0.25, -0.2) is 14.5 Å². The Bertz CT molecular complexity index is 387. The summed E-state index contributed by atoms with van der Waals surface area (Å²) in [6.45, 7) is 5.01. The van der Waals surface area contributed by atoms with E-state index in [2.05, 4.69) is 9.72 Å². The lowest BCUT2D eigenvalue weighted by atomic mass is 9.86. The molecular formula is C9H12BF2NO4. The van der Waals surface area contributed by atoms with Crippen molar-refractivity contribution in [3.8, 4) is 0 Å². The molecule has 0 fully saturated rings. The largest absolute Gasteiger partial charge is 0.584 e. The molecule has 0 aliphatic carbocycles. The van der Waals surface area contributed by atoms with Gasteiger partial charge in [-0.2, -0.15) is 0 Å². The molecule has 1 rings (SSSR count). The second kappa shape index (κ2) is 5.28. The van der Waals surface area contributed by atoms with Gasteiger partial charge in [0.2, 0.25) is 0 Å². The Kier molecular flexibility index (Phi) is 4.25. The molecule has 0 atom stereocenters. The molecule has 0 N–H and O–H groups in total. The molecule has 17 heavy (non-hydrogen) atoms. The Morgan fingerprint density at radius 3 is 2.41 bits per heavy atom. The second-order valence-electron chi connectivity index (χ2n) is 4.29. The van der Waals surface area contributed by atoms with E-state index >= 15 is 0 Å². The van der Waals surface area contributed by atoms with Crippen LogP contribution in [0.1, 0.15) is 20.8 Å². The number of aromatic nitrogens is 1. The van der Waals surface area contributed by atoms with Crippen LogP contribution in [0, 0.1) is 0 Å². The summed E-state index contributed by atoms with van der Waals surface area (Å²) in [6.07, 6.45) is 0.505. The summed E-state index contributed by atoms with van der Waals surface area (Å²) in [4.78, 5) is 18.1. The van der Waals surface area contributed by atoms with Gasteiger partial charge < -0.3 is 4.74 Å². The first-order valence-corrected chi connectivity index (χ1v) is 4.84. The van der Waals surface area contributed by atoms with Crippen LogP contribution < -0.4 is 5.59 Å². The lowest BCUT2D eigenvalue weighted by Crippen LogP contribution is -2.42. The van der Waals surface area contributed by atoms with Gasteiger partial charge in [-0.15, -0.1) is 0 Å². The van der Waals surface area contributed by atoms with Crippen LogP contribution in [0.25, 0.3) is 0 Å². The summed E-state index contributed by atoms with van der Waals surface area (Å²) in [7, 11) is -1.92. The minimum absolute atomic E-state index is 0.149. The highest BCUT2D eigenvalue weighted by Crippen LogP contribution is 2.09. The normalized spacial score (nSPS) is 11.4. The molecule has 0 aliphatic rings. The van der Waals surface area contributed by atoms with E-state index in [1.807, 2.05) is 0 Å². The highest BCUT2D eigenvalue weighted by atomic mass is 19.3. The molecule has 0 saturated heterocycles. The molecule has 0 unspecified atom stereocenters. The minimum atomic E-state index is -1.92. The van der Waals surface area contributed by atoms with Crippen LogP contribution in [0.3, 0.4) is 0 Å². The van der Waals surface area contributed by atoms with Crippen LogP contribution in [0.2, 0.25) is 0 Å². The van der Waals surface area contributed by atoms with Gasteiger partial charge in [0.05, 0.1) is 5.59 Å². The van der Waals surface area contributed by atoms with E-state index < -0.39 is 18.8 Å². The molecule has 94 valence electrons. The Morgan fingerprint density at radius 1 is 1.35 bits per heavy atom. The van der Waals surface area contributed by atoms with Crippen molar-refractivity contribution in [2.24, 2.45) is 0 Å². The molecule has 0 aromatic carbocycles. The molecule has 1 aromatic heterocycles. The van der Waals surface area contributed by atoms with Gasteiger partial charge in [0.1, 0.15) is 5.60 Å². The number of ether oxygens (including phenoxy) is 1. The van der Waals surface area contributed by atoms with Gasteiger partial charge in [-0.1, -0.05) is 9.05 Å². The Labute approximate surface area is 97.2 Å². The summed E-state index contributed by atoms with van der Waals surface area (Å²) in [6, 6.07) is 2.68. The maximum atomic E-state index is 12.0. The number of nitrogens with zero attached hydrogens (tertiary/aromatic N) is 1. The third kappa shape index (κ3) is 3.53. The van der Waals surface area contributed by atoms with Crippen molar-refractivity contribution in [1.82, 2.24) is 4.57 Å². The van der Waals surface area contributed by atoms with Crippen LogP contribution in [-0.2, 0) is 14.5 Å². The van der Waals surface area contributed by atoms with Crippen LogP contribution in [-0.4, -0.2) is 23.4 Å². The third-order valence-electron chi connectivity index (χ3n) is 1.77. The van der Waals surface area contributed by atoms with Crippen molar-refractivity contribution in [1.29, 1.82) is 0 Å². The average molecular weight is 247 g/mol. The average Bonchev–Trinajstić information content (AvgIpc) is 2.66. The van der Waals surface area contributed by atoms with Crippen LogP contribution in [0.15, 0.2) is 18.3 Å². The van der Waals surface area contributed by atoms with E-state index in [4.69, 9.17) is 4.74 Å². The zero-order valence-electron chi connectivity index (χ0n) is 9.65. The standard InChI is InChI=1S/C9H12BF2NO4/c1-9(2,3)15-8(14)13-6-4-5-7(13)10(16-11)17-12/h4-6H,1-3H3. The quantitative estimate of drug-likeness (QED) is 0.763. The molecule has 0 bridgehead atoms. The fourth-order valence-electron chi connectivity index (χ4n) is 1.17. The predicted octanol–water partition coefficient (Wildman–Crippen LogP) is 1.77. The summed E-state index contributed by atoms with van der Waals surface area (Å²) >= 11 is 0. The summed E-state index contributed by atoms with van der Waals surface area (Å²) in [5.41, 5.74) is -0.870. The number of hydrogen-bond acceptors (Lipinski definition) is 4. The Balaban J connectivity index is 2.92. The number of rotatable bonds is 3. The molecular weight excluding hydrogens is 235 g/mol. The first kappa shape index (κ1) is 13.7. The zero-order chi connectivity index (χ0) is 13.1. The predicted molar refractivity (Wildman–Crippen MR) is 55.8 cm³/mol. The smallest absolute Gasteiger partial charge is 0.443 e. The highest BCUT2D eigenvalue weighted by Gasteiger charge is 2.31. The Hall–Kier alpha value is -1.41. The van der Waals surface area contributed by atoms with E-state index in [0.29, 0.717) is 0 Å². The fraction of sp³-hybridized carbons (Fsp3) is 0.444. The number of carbonyl (C=O) groups excluding carboxylic acids is 1. The van der Waals surface area contributed by atoms with E-state index in [1.165, 1.54) is 18.3 Å². The zero-order valence-corrected chi connectivity index (χ0v) is 9.65. The SMILES string of the molecule is CC(C)(C)OC(=O)n1cccc1B(OF)OF. The molecule has 0 saturated carbocycles. The molecule has 0 radical (unpaired) electrons. The summed E-state index contributed by atoms with van der Waals surface area (Å²) in [5, 5.41) is 0. The molecule has 1 heterocycles. The molecule has 0 aliphatic heterocycles. The maximum Gasteiger partial charge on any atom is 0.584 e. The highest BCUT2D eigenvalue weighted by molar-refractivity contribution is 6.60. The molecule has 1 aromatic rings. The van der Waals surface area contributed by atoms with E-state index in [-0.39, 0.29) is 5.59 Å². The number of carbonyl (C=O) groups is 1. The minimum Gasteiger partial charge on any atom is -0.443 e. The third-order valence-corrected chi connectivity index (χ3v) is 1.77. The van der Waals surface area contributed by atoms with Crippen molar-refractivity contribution in [2.75, 3.05) is 0 Å². The van der Waals surface area contributed by atoms with Gasteiger partial charge in [-0.05, 0) is 32.9 Å². The maximum absolute atomic E-state index is 12.0. The molecule has 0 amide bonds. The van der Waals surface area contributed by atoms with Crippen molar-refractivity contribution < 1.29 is 28.3 Å². The van der Waals surface area contributed by atoms with E-state index in [1.54, 1.807) is 20.8 Å². The monoisotopic (exact) mass is 247 g/mol. The Morgan fingerprint density at radius 2 is 1.94 bits per heavy atom. The van der Waals surface area contributed by atoms with Crippen LogP contribution in [0.4, 0.5) is 13.8 Å². The van der Waals surface area contributed by atoms with E-state index in [0.717, 1.165) is 4.57 Å². The molecule has 5 nitrogen and oxygen atoms in total. The molecule has 8 heteroatoms. The van der Waals surface area contributed by atoms with Gasteiger partial charge in [0.25, 0.3) is 0 Å². The summed E-state index contributed by atoms with van der Waals surface area (Å²) in [5.74, 6) is 0. The van der Waals surface area contributed by atoms with E-state index in [9.17, 15) is 13.8 Å². The lowest BCUT2D eigenvalue weighted by molar-refractivity contribution is -0.101. The first-order valence-electron chi connectivity index (χ1n) is 4.84. The van der Waals surface area contributed by atoms with Crippen LogP contribution >= 0.6 is 0 Å². The van der Waals surface area contributed by atoms with Gasteiger partial charge in [0, 0.05) is 6.20 Å². The first-order chi connectivity index (χ1) is 7.89. The van der Waals surface area contributed by atoms with Gasteiger partial charge in [0.15, 0.2) is 0 Å². The number of halogens is 2. The van der Waals surface area contributed by atoms with Crippen molar-refractivity contribution in [3.63, 3.8) is 0 Å². The molecule has 0 spiro atoms. The van der Waals surface area contributed by atoms with Gasteiger partial charge in [-0.3, -0.25) is 4.57 Å². The second-order valence-corrected chi connectivity index (χ2v) is 4.29. The van der Waals surface area contributed by atoms with Crippen molar-refractivity contribution in [3.05, 3.63) is 18.3 Å². The van der Waals surface area contributed by atoms with Crippen LogP contribution in [0.5, 0.6) is 0 Å². The topological polar surface area (TPSA) is 49.7 Å². The van der Waals surface area contributed by atoms with Crippen molar-refractivity contribution in [2.45, 2.75) is 26.4 Å². The van der Waals surface area contributed by atoms with Crippen molar-refractivity contribution >= 4 is 18.8 Å². The fourth-order valence-corrected chi connectivity index (χ4v) is 1.17. The number of hydrogen-bond donors (Lipinski definition) is 0. The van der Waals surface area contributed by atoms with Gasteiger partial charge >= 0.3 is 13.2 Å².